The lowest BCUT2D eigenvalue weighted by Gasteiger charge is -2.10. The molecule has 2 nitrogen and oxygen atoms in total. The Balaban J connectivity index is 2.99. The molecule has 0 aliphatic rings. The molecule has 1 aromatic carbocycles. The normalized spacial score (nSPS) is 12.6. The van der Waals surface area contributed by atoms with E-state index in [2.05, 4.69) is 0 Å². The fourth-order valence-corrected chi connectivity index (χ4v) is 1.16. The Hall–Kier alpha value is -1.16. The lowest BCUT2D eigenvalue weighted by molar-refractivity contribution is 0.197. The zero-order chi connectivity index (χ0) is 11.4. The van der Waals surface area contributed by atoms with E-state index in [0.29, 0.717) is 6.42 Å². The van der Waals surface area contributed by atoms with Gasteiger partial charge in [-0.3, -0.25) is 0 Å². The smallest absolute Gasteiger partial charge is 0.190 e. The predicted octanol–water partition coefficient (Wildman–Crippen LogP) is 2.81. The van der Waals surface area contributed by atoms with E-state index in [1.165, 1.54) is 6.92 Å². The van der Waals surface area contributed by atoms with Crippen LogP contribution in [-0.2, 0) is 0 Å². The number of ether oxygens (including phenoxy) is 1. The molecule has 0 amide bonds. The maximum atomic E-state index is 13.3. The molecular weight excluding hydrogens is 202 g/mol. The largest absolute Gasteiger partial charge is 0.488 e. The molecule has 0 saturated heterocycles. The zero-order valence-corrected chi connectivity index (χ0v) is 8.76. The van der Waals surface area contributed by atoms with Gasteiger partial charge in [0.25, 0.3) is 0 Å². The Morgan fingerprint density at radius 1 is 1.33 bits per heavy atom. The Morgan fingerprint density at radius 3 is 2.27 bits per heavy atom. The van der Waals surface area contributed by atoms with Crippen LogP contribution in [0.15, 0.2) is 12.1 Å². The third kappa shape index (κ3) is 2.89. The Kier molecular flexibility index (Phi) is 4.03. The summed E-state index contributed by atoms with van der Waals surface area (Å²) in [7, 11) is 0. The summed E-state index contributed by atoms with van der Waals surface area (Å²) in [6.07, 6.45) is -0.217. The highest BCUT2D eigenvalue weighted by Crippen LogP contribution is 2.26. The summed E-state index contributed by atoms with van der Waals surface area (Å²) in [5, 5.41) is 9.17. The van der Waals surface area contributed by atoms with Crippen LogP contribution in [0.3, 0.4) is 0 Å². The molecule has 1 N–H and O–H groups in total. The number of halogens is 2. The molecule has 0 aromatic heterocycles. The molecule has 0 heterocycles. The van der Waals surface area contributed by atoms with E-state index in [9.17, 15) is 8.78 Å². The van der Waals surface area contributed by atoms with Crippen LogP contribution in [0.2, 0.25) is 0 Å². The first-order chi connectivity index (χ1) is 7.06. The number of aliphatic hydroxyl groups excluding tert-OH is 1. The Labute approximate surface area is 87.5 Å². The lowest BCUT2D eigenvalue weighted by Crippen LogP contribution is -2.02. The molecule has 0 bridgehead atoms. The molecule has 4 heteroatoms. The van der Waals surface area contributed by atoms with Crippen LogP contribution in [-0.4, -0.2) is 11.7 Å². The van der Waals surface area contributed by atoms with Crippen molar-refractivity contribution in [3.8, 4) is 5.75 Å². The average molecular weight is 216 g/mol. The maximum Gasteiger partial charge on any atom is 0.190 e. The summed E-state index contributed by atoms with van der Waals surface area (Å²) in [5.74, 6) is -1.93. The van der Waals surface area contributed by atoms with Crippen LogP contribution in [0.4, 0.5) is 8.78 Å². The van der Waals surface area contributed by atoms with Gasteiger partial charge < -0.3 is 9.84 Å². The molecule has 1 aromatic rings. The second kappa shape index (κ2) is 5.07. The van der Waals surface area contributed by atoms with Crippen LogP contribution in [0, 0.1) is 11.6 Å². The first kappa shape index (κ1) is 11.9. The topological polar surface area (TPSA) is 29.5 Å². The maximum absolute atomic E-state index is 13.3. The molecule has 1 rings (SSSR count). The summed E-state index contributed by atoms with van der Waals surface area (Å²) in [6.45, 7) is 3.56. The van der Waals surface area contributed by atoms with Gasteiger partial charge in [0.1, 0.15) is 0 Å². The number of rotatable bonds is 4. The van der Waals surface area contributed by atoms with Crippen molar-refractivity contribution in [3.63, 3.8) is 0 Å². The Morgan fingerprint density at radius 2 is 1.87 bits per heavy atom. The van der Waals surface area contributed by atoms with E-state index < -0.39 is 17.7 Å². The van der Waals surface area contributed by atoms with E-state index in [-0.39, 0.29) is 17.9 Å². The van der Waals surface area contributed by atoms with Crippen molar-refractivity contribution < 1.29 is 18.6 Å². The number of hydrogen-bond donors (Lipinski definition) is 1. The van der Waals surface area contributed by atoms with Gasteiger partial charge in [-0.25, -0.2) is 8.78 Å². The van der Waals surface area contributed by atoms with E-state index in [0.717, 1.165) is 12.1 Å². The standard InChI is InChI=1S/C11H14F2O2/c1-3-4-15-11-9(12)5-8(7(2)14)6-10(11)13/h5-7,14H,3-4H2,1-2H3/t7-/m0/s1. The van der Waals surface area contributed by atoms with Crippen molar-refractivity contribution >= 4 is 0 Å². The first-order valence-corrected chi connectivity index (χ1v) is 4.86. The second-order valence-electron chi connectivity index (χ2n) is 3.34. The summed E-state index contributed by atoms with van der Waals surface area (Å²) in [6, 6.07) is 2.16. The van der Waals surface area contributed by atoms with Crippen molar-refractivity contribution in [2.75, 3.05) is 6.61 Å². The van der Waals surface area contributed by atoms with Gasteiger partial charge in [-0.05, 0) is 31.0 Å². The predicted molar refractivity (Wildman–Crippen MR) is 52.8 cm³/mol. The van der Waals surface area contributed by atoms with Gasteiger partial charge in [0, 0.05) is 0 Å². The Bertz CT molecular complexity index is 314. The van der Waals surface area contributed by atoms with Crippen LogP contribution in [0.25, 0.3) is 0 Å². The first-order valence-electron chi connectivity index (χ1n) is 4.86. The van der Waals surface area contributed by atoms with Gasteiger partial charge in [-0.2, -0.15) is 0 Å². The molecule has 15 heavy (non-hydrogen) atoms. The minimum atomic E-state index is -0.894. The quantitative estimate of drug-likeness (QED) is 0.838. The van der Waals surface area contributed by atoms with Gasteiger partial charge in [-0.1, -0.05) is 6.92 Å². The van der Waals surface area contributed by atoms with E-state index in [4.69, 9.17) is 9.84 Å². The zero-order valence-electron chi connectivity index (χ0n) is 8.76. The molecule has 0 aliphatic heterocycles. The van der Waals surface area contributed by atoms with Gasteiger partial charge in [0.2, 0.25) is 0 Å². The highest BCUT2D eigenvalue weighted by atomic mass is 19.1. The summed E-state index contributed by atoms with van der Waals surface area (Å²) in [4.78, 5) is 0. The minimum absolute atomic E-state index is 0.203. The van der Waals surface area contributed by atoms with Crippen molar-refractivity contribution in [2.24, 2.45) is 0 Å². The fraction of sp³-hybridized carbons (Fsp3) is 0.455. The van der Waals surface area contributed by atoms with E-state index in [1.807, 2.05) is 6.92 Å². The molecule has 0 saturated carbocycles. The summed E-state index contributed by atoms with van der Waals surface area (Å²) >= 11 is 0. The highest BCUT2D eigenvalue weighted by molar-refractivity contribution is 5.32. The van der Waals surface area contributed by atoms with Crippen LogP contribution in [0.1, 0.15) is 31.9 Å². The average Bonchev–Trinajstić information content (AvgIpc) is 2.16. The lowest BCUT2D eigenvalue weighted by atomic mass is 10.1. The summed E-state index contributed by atoms with van der Waals surface area (Å²) < 4.78 is 31.6. The van der Waals surface area contributed by atoms with Gasteiger partial charge in [0.15, 0.2) is 17.4 Å². The number of benzene rings is 1. The SMILES string of the molecule is CCCOc1c(F)cc([C@H](C)O)cc1F. The molecular formula is C11H14F2O2. The minimum Gasteiger partial charge on any atom is -0.488 e. The number of hydrogen-bond acceptors (Lipinski definition) is 2. The number of aliphatic hydroxyl groups is 1. The monoisotopic (exact) mass is 216 g/mol. The molecule has 0 fully saturated rings. The molecule has 84 valence electrons. The van der Waals surface area contributed by atoms with Crippen LogP contribution >= 0.6 is 0 Å². The summed E-state index contributed by atoms with van der Waals surface area (Å²) in [5.41, 5.74) is 0.203. The van der Waals surface area contributed by atoms with Crippen LogP contribution < -0.4 is 4.74 Å². The van der Waals surface area contributed by atoms with Crippen molar-refractivity contribution in [1.82, 2.24) is 0 Å². The molecule has 1 atom stereocenters. The van der Waals surface area contributed by atoms with E-state index >= 15 is 0 Å². The molecule has 0 spiro atoms. The van der Waals surface area contributed by atoms with Gasteiger partial charge in [0.05, 0.1) is 12.7 Å². The van der Waals surface area contributed by atoms with Crippen LogP contribution in [0.5, 0.6) is 5.75 Å². The van der Waals surface area contributed by atoms with E-state index in [1.54, 1.807) is 0 Å². The van der Waals surface area contributed by atoms with Crippen molar-refractivity contribution in [2.45, 2.75) is 26.4 Å². The van der Waals surface area contributed by atoms with Gasteiger partial charge in [-0.15, -0.1) is 0 Å². The molecule has 0 radical (unpaired) electrons. The fourth-order valence-electron chi connectivity index (χ4n) is 1.16. The second-order valence-corrected chi connectivity index (χ2v) is 3.34. The highest BCUT2D eigenvalue weighted by Gasteiger charge is 2.14. The molecule has 0 unspecified atom stereocenters. The third-order valence-electron chi connectivity index (χ3n) is 1.95. The third-order valence-corrected chi connectivity index (χ3v) is 1.95. The molecule has 0 aliphatic carbocycles. The van der Waals surface area contributed by atoms with Gasteiger partial charge >= 0.3 is 0 Å². The van der Waals surface area contributed by atoms with Crippen molar-refractivity contribution in [3.05, 3.63) is 29.3 Å². The van der Waals surface area contributed by atoms with Crippen molar-refractivity contribution in [1.29, 1.82) is 0 Å².